The summed E-state index contributed by atoms with van der Waals surface area (Å²) in [6.45, 7) is 6.23. The number of piperazine rings is 1. The number of rotatable bonds is 2. The molecule has 0 bridgehead atoms. The van der Waals surface area contributed by atoms with Crippen LogP contribution in [0.15, 0.2) is 12.3 Å². The predicted octanol–water partition coefficient (Wildman–Crippen LogP) is 2.85. The molecule has 3 nitrogen and oxygen atoms in total. The molecule has 7 heteroatoms. The van der Waals surface area contributed by atoms with E-state index in [2.05, 4.69) is 16.8 Å². The molecule has 1 aromatic heterocycles. The van der Waals surface area contributed by atoms with Crippen LogP contribution < -0.4 is 4.90 Å². The normalized spacial score (nSPS) is 17.8. The largest absolute Gasteiger partial charge is 0.417 e. The number of anilines is 1. The third kappa shape index (κ3) is 3.31. The van der Waals surface area contributed by atoms with Crippen LogP contribution >= 0.6 is 22.6 Å². The standard InChI is InChI=1S/C12H15F3IN3/c1-2-18-5-7-19(8-6-18)11-10(16)9(3-4-17-11)12(13,14)15/h3-4H,2,5-8H2,1H3. The van der Waals surface area contributed by atoms with E-state index in [0.717, 1.165) is 38.8 Å². The van der Waals surface area contributed by atoms with Gasteiger partial charge in [0.25, 0.3) is 0 Å². The molecule has 106 valence electrons. The number of nitrogens with zero attached hydrogens (tertiary/aromatic N) is 3. The van der Waals surface area contributed by atoms with E-state index in [4.69, 9.17) is 0 Å². The van der Waals surface area contributed by atoms with Crippen molar-refractivity contribution in [2.45, 2.75) is 13.1 Å². The van der Waals surface area contributed by atoms with Gasteiger partial charge in [0.2, 0.25) is 0 Å². The summed E-state index contributed by atoms with van der Waals surface area (Å²) in [6.07, 6.45) is -3.08. The highest BCUT2D eigenvalue weighted by Gasteiger charge is 2.35. The SMILES string of the molecule is CCN1CCN(c2nccc(C(F)(F)F)c2I)CC1. The summed E-state index contributed by atoms with van der Waals surface area (Å²) >= 11 is 1.75. The molecule has 1 aliphatic heterocycles. The summed E-state index contributed by atoms with van der Waals surface area (Å²) < 4.78 is 38.8. The lowest BCUT2D eigenvalue weighted by molar-refractivity contribution is -0.138. The van der Waals surface area contributed by atoms with Crippen LogP contribution in [-0.2, 0) is 6.18 Å². The molecule has 0 saturated carbocycles. The van der Waals surface area contributed by atoms with Crippen molar-refractivity contribution in [3.05, 3.63) is 21.4 Å². The molecule has 2 rings (SSSR count). The fourth-order valence-corrected chi connectivity index (χ4v) is 3.11. The van der Waals surface area contributed by atoms with Gasteiger partial charge in [-0.2, -0.15) is 13.2 Å². The Labute approximate surface area is 123 Å². The second-order valence-electron chi connectivity index (χ2n) is 4.42. The fraction of sp³-hybridized carbons (Fsp3) is 0.583. The molecule has 19 heavy (non-hydrogen) atoms. The van der Waals surface area contributed by atoms with E-state index in [1.807, 2.05) is 4.90 Å². The molecule has 0 aromatic carbocycles. The highest BCUT2D eigenvalue weighted by molar-refractivity contribution is 14.1. The number of hydrogen-bond donors (Lipinski definition) is 0. The van der Waals surface area contributed by atoms with Crippen LogP contribution in [0.1, 0.15) is 12.5 Å². The highest BCUT2D eigenvalue weighted by atomic mass is 127. The molecule has 1 saturated heterocycles. The maximum Gasteiger partial charge on any atom is 0.417 e. The molecule has 1 fully saturated rings. The van der Waals surface area contributed by atoms with Crippen LogP contribution in [0.5, 0.6) is 0 Å². The number of halogens is 4. The second kappa shape index (κ2) is 5.82. The van der Waals surface area contributed by atoms with Crippen LogP contribution in [0, 0.1) is 3.57 Å². The van der Waals surface area contributed by atoms with E-state index in [1.54, 1.807) is 22.6 Å². The Hall–Kier alpha value is -0.570. The quantitative estimate of drug-likeness (QED) is 0.731. The zero-order chi connectivity index (χ0) is 14.0. The van der Waals surface area contributed by atoms with E-state index in [9.17, 15) is 13.2 Å². The van der Waals surface area contributed by atoms with E-state index in [1.165, 1.54) is 6.20 Å². The minimum Gasteiger partial charge on any atom is -0.353 e. The van der Waals surface area contributed by atoms with Gasteiger partial charge in [-0.3, -0.25) is 0 Å². The number of aromatic nitrogens is 1. The van der Waals surface area contributed by atoms with Gasteiger partial charge in [-0.15, -0.1) is 0 Å². The topological polar surface area (TPSA) is 19.4 Å². The number of alkyl halides is 3. The number of pyridine rings is 1. The van der Waals surface area contributed by atoms with Gasteiger partial charge in [0.05, 0.1) is 9.13 Å². The van der Waals surface area contributed by atoms with Gasteiger partial charge in [-0.05, 0) is 35.2 Å². The molecule has 0 amide bonds. The minimum atomic E-state index is -4.32. The minimum absolute atomic E-state index is 0.192. The van der Waals surface area contributed by atoms with Gasteiger partial charge >= 0.3 is 6.18 Å². The molecular weight excluding hydrogens is 370 g/mol. The van der Waals surface area contributed by atoms with Gasteiger partial charge in [0.15, 0.2) is 0 Å². The van der Waals surface area contributed by atoms with Crippen LogP contribution in [0.3, 0.4) is 0 Å². The molecule has 0 radical (unpaired) electrons. The number of likely N-dealkylation sites (N-methyl/N-ethyl adjacent to an activating group) is 1. The van der Waals surface area contributed by atoms with Gasteiger partial charge in [-0.1, -0.05) is 6.92 Å². The summed E-state index contributed by atoms with van der Waals surface area (Å²) in [5, 5.41) is 0. The molecular formula is C12H15F3IN3. The summed E-state index contributed by atoms with van der Waals surface area (Å²) in [5.74, 6) is 0.450. The Morgan fingerprint density at radius 2 is 1.89 bits per heavy atom. The second-order valence-corrected chi connectivity index (χ2v) is 5.49. The lowest BCUT2D eigenvalue weighted by Crippen LogP contribution is -2.46. The fourth-order valence-electron chi connectivity index (χ4n) is 2.15. The number of hydrogen-bond acceptors (Lipinski definition) is 3. The van der Waals surface area contributed by atoms with Crippen LogP contribution in [0.25, 0.3) is 0 Å². The first kappa shape index (κ1) is 14.8. The Bertz CT molecular complexity index is 442. The van der Waals surface area contributed by atoms with Crippen molar-refractivity contribution in [1.29, 1.82) is 0 Å². The predicted molar refractivity (Wildman–Crippen MR) is 76.3 cm³/mol. The van der Waals surface area contributed by atoms with Crippen molar-refractivity contribution in [1.82, 2.24) is 9.88 Å². The summed E-state index contributed by atoms with van der Waals surface area (Å²) in [6, 6.07) is 1.04. The van der Waals surface area contributed by atoms with E-state index in [-0.39, 0.29) is 3.57 Å². The molecule has 1 aliphatic rings. The third-order valence-electron chi connectivity index (χ3n) is 3.30. The highest BCUT2D eigenvalue weighted by Crippen LogP contribution is 2.36. The molecule has 2 heterocycles. The molecule has 0 aliphatic carbocycles. The van der Waals surface area contributed by atoms with Crippen LogP contribution in [-0.4, -0.2) is 42.6 Å². The van der Waals surface area contributed by atoms with Crippen molar-refractivity contribution < 1.29 is 13.2 Å². The Balaban J connectivity index is 2.22. The Morgan fingerprint density at radius 1 is 1.26 bits per heavy atom. The average Bonchev–Trinajstić information content (AvgIpc) is 2.38. The van der Waals surface area contributed by atoms with Gasteiger partial charge < -0.3 is 9.80 Å². The average molecular weight is 385 g/mol. The summed E-state index contributed by atoms with van der Waals surface area (Å²) in [5.41, 5.74) is -0.601. The zero-order valence-corrected chi connectivity index (χ0v) is 12.7. The third-order valence-corrected chi connectivity index (χ3v) is 4.36. The van der Waals surface area contributed by atoms with Crippen LogP contribution in [0.2, 0.25) is 0 Å². The van der Waals surface area contributed by atoms with Crippen molar-refractivity contribution in [3.63, 3.8) is 0 Å². The smallest absolute Gasteiger partial charge is 0.353 e. The maximum absolute atomic E-state index is 12.9. The van der Waals surface area contributed by atoms with Gasteiger partial charge in [0.1, 0.15) is 5.82 Å². The molecule has 0 unspecified atom stereocenters. The van der Waals surface area contributed by atoms with Crippen molar-refractivity contribution in [2.75, 3.05) is 37.6 Å². The van der Waals surface area contributed by atoms with Crippen molar-refractivity contribution in [2.24, 2.45) is 0 Å². The first-order valence-corrected chi connectivity index (χ1v) is 7.20. The Kier molecular flexibility index (Phi) is 4.54. The molecule has 1 aromatic rings. The first-order chi connectivity index (χ1) is 8.93. The van der Waals surface area contributed by atoms with E-state index >= 15 is 0 Å². The Morgan fingerprint density at radius 3 is 2.42 bits per heavy atom. The first-order valence-electron chi connectivity index (χ1n) is 6.12. The maximum atomic E-state index is 12.9. The molecule has 0 N–H and O–H groups in total. The van der Waals surface area contributed by atoms with Crippen molar-refractivity contribution in [3.8, 4) is 0 Å². The summed E-state index contributed by atoms with van der Waals surface area (Å²) in [7, 11) is 0. The van der Waals surface area contributed by atoms with E-state index < -0.39 is 11.7 Å². The monoisotopic (exact) mass is 385 g/mol. The lowest BCUT2D eigenvalue weighted by atomic mass is 10.2. The van der Waals surface area contributed by atoms with E-state index in [0.29, 0.717) is 5.82 Å². The molecule has 0 atom stereocenters. The summed E-state index contributed by atoms with van der Waals surface area (Å²) in [4.78, 5) is 8.34. The molecule has 0 spiro atoms. The van der Waals surface area contributed by atoms with Gasteiger partial charge in [0, 0.05) is 32.4 Å². The van der Waals surface area contributed by atoms with Crippen LogP contribution in [0.4, 0.5) is 19.0 Å². The zero-order valence-electron chi connectivity index (χ0n) is 10.5. The van der Waals surface area contributed by atoms with Gasteiger partial charge in [-0.25, -0.2) is 4.98 Å². The van der Waals surface area contributed by atoms with Crippen molar-refractivity contribution >= 4 is 28.4 Å². The lowest BCUT2D eigenvalue weighted by Gasteiger charge is -2.35.